The molecule has 2 unspecified atom stereocenters. The van der Waals surface area contributed by atoms with E-state index >= 15 is 0 Å². The van der Waals surface area contributed by atoms with Gasteiger partial charge in [0.25, 0.3) is 0 Å². The second-order valence-electron chi connectivity index (χ2n) is 5.04. The molecule has 2 atom stereocenters. The Morgan fingerprint density at radius 1 is 1.40 bits per heavy atom. The van der Waals surface area contributed by atoms with Crippen LogP contribution >= 0.6 is 11.8 Å². The zero-order valence-electron chi connectivity index (χ0n) is 10.5. The number of rotatable bonds is 6. The van der Waals surface area contributed by atoms with Crippen LogP contribution in [0.15, 0.2) is 0 Å². The van der Waals surface area contributed by atoms with Crippen LogP contribution in [0, 0.1) is 0 Å². The van der Waals surface area contributed by atoms with E-state index in [2.05, 4.69) is 25.4 Å². The third kappa shape index (κ3) is 4.75. The summed E-state index contributed by atoms with van der Waals surface area (Å²) in [6, 6.07) is 0.745. The molecule has 1 saturated carbocycles. The number of ether oxygens (including phenoxy) is 1. The van der Waals surface area contributed by atoms with Gasteiger partial charge in [-0.15, -0.1) is 0 Å². The average Bonchev–Trinajstić information content (AvgIpc) is 2.66. The number of hydrogen-bond donors (Lipinski definition) is 1. The van der Waals surface area contributed by atoms with Crippen LogP contribution in [0.2, 0.25) is 0 Å². The molecule has 90 valence electrons. The van der Waals surface area contributed by atoms with Crippen molar-refractivity contribution < 1.29 is 4.74 Å². The first kappa shape index (κ1) is 13.3. The highest BCUT2D eigenvalue weighted by Crippen LogP contribution is 2.28. The van der Waals surface area contributed by atoms with Crippen molar-refractivity contribution in [2.75, 3.05) is 19.9 Å². The lowest BCUT2D eigenvalue weighted by atomic mass is 10.1. The largest absolute Gasteiger partial charge is 0.379 e. The van der Waals surface area contributed by atoms with Gasteiger partial charge in [-0.3, -0.25) is 0 Å². The summed E-state index contributed by atoms with van der Waals surface area (Å²) in [7, 11) is 1.79. The maximum absolute atomic E-state index is 5.40. The third-order valence-corrected chi connectivity index (χ3v) is 4.53. The molecule has 1 N–H and O–H groups in total. The van der Waals surface area contributed by atoms with Crippen molar-refractivity contribution in [1.82, 2.24) is 5.32 Å². The second kappa shape index (κ2) is 6.12. The number of nitrogens with one attached hydrogen (secondary N) is 1. The van der Waals surface area contributed by atoms with Crippen LogP contribution in [-0.2, 0) is 4.74 Å². The van der Waals surface area contributed by atoms with Gasteiger partial charge in [0.15, 0.2) is 0 Å². The van der Waals surface area contributed by atoms with E-state index in [1.165, 1.54) is 19.3 Å². The Balaban J connectivity index is 2.11. The lowest BCUT2D eigenvalue weighted by Gasteiger charge is -2.24. The summed E-state index contributed by atoms with van der Waals surface area (Å²) in [5, 5.41) is 4.53. The van der Waals surface area contributed by atoms with Gasteiger partial charge in [0.1, 0.15) is 0 Å². The highest BCUT2D eigenvalue weighted by Gasteiger charge is 2.24. The molecule has 0 aromatic rings. The van der Waals surface area contributed by atoms with Crippen LogP contribution in [0.1, 0.15) is 39.5 Å². The lowest BCUT2D eigenvalue weighted by molar-refractivity contribution is 0.0154. The summed E-state index contributed by atoms with van der Waals surface area (Å²) in [5.74, 6) is 0. The topological polar surface area (TPSA) is 21.3 Å². The van der Waals surface area contributed by atoms with Crippen LogP contribution in [0.5, 0.6) is 0 Å². The molecule has 0 aromatic carbocycles. The molecule has 0 radical (unpaired) electrons. The van der Waals surface area contributed by atoms with Crippen molar-refractivity contribution in [3.63, 3.8) is 0 Å². The molecule has 2 nitrogen and oxygen atoms in total. The maximum Gasteiger partial charge on any atom is 0.0634 e. The number of thioether (sulfide) groups is 1. The zero-order valence-corrected chi connectivity index (χ0v) is 11.3. The maximum atomic E-state index is 5.40. The number of hydrogen-bond acceptors (Lipinski definition) is 3. The predicted octanol–water partition coefficient (Wildman–Crippen LogP) is 2.68. The summed E-state index contributed by atoms with van der Waals surface area (Å²) >= 11 is 2.01. The van der Waals surface area contributed by atoms with Gasteiger partial charge in [-0.1, -0.05) is 0 Å². The molecule has 0 saturated heterocycles. The molecule has 1 aliphatic rings. The first-order valence-electron chi connectivity index (χ1n) is 5.89. The minimum Gasteiger partial charge on any atom is -0.379 e. The molecule has 0 amide bonds. The molecule has 0 aromatic heterocycles. The SMILES string of the molecule is COC(C)(C)CCNC1CCC(SC)C1. The molecule has 1 aliphatic carbocycles. The van der Waals surface area contributed by atoms with Crippen LogP contribution in [0.4, 0.5) is 0 Å². The summed E-state index contributed by atoms with van der Waals surface area (Å²) in [6.45, 7) is 5.37. The first-order valence-corrected chi connectivity index (χ1v) is 7.17. The molecule has 0 bridgehead atoms. The molecule has 0 heterocycles. The van der Waals surface area contributed by atoms with Gasteiger partial charge in [0, 0.05) is 18.4 Å². The minimum atomic E-state index is 0.0184. The monoisotopic (exact) mass is 231 g/mol. The van der Waals surface area contributed by atoms with E-state index in [4.69, 9.17) is 4.74 Å². The van der Waals surface area contributed by atoms with Crippen LogP contribution in [0.3, 0.4) is 0 Å². The standard InChI is InChI=1S/C12H25NOS/c1-12(2,14-3)7-8-13-10-5-6-11(9-10)15-4/h10-11,13H,5-9H2,1-4H3. The zero-order chi connectivity index (χ0) is 11.3. The van der Waals surface area contributed by atoms with Crippen LogP contribution in [0.25, 0.3) is 0 Å². The smallest absolute Gasteiger partial charge is 0.0634 e. The molecular formula is C12H25NOS. The van der Waals surface area contributed by atoms with Crippen molar-refractivity contribution in [2.24, 2.45) is 0 Å². The van der Waals surface area contributed by atoms with Crippen molar-refractivity contribution in [1.29, 1.82) is 0 Å². The van der Waals surface area contributed by atoms with Gasteiger partial charge in [-0.2, -0.15) is 11.8 Å². The van der Waals surface area contributed by atoms with Gasteiger partial charge < -0.3 is 10.1 Å². The summed E-state index contributed by atoms with van der Waals surface area (Å²) in [5.41, 5.74) is 0.0184. The highest BCUT2D eigenvalue weighted by molar-refractivity contribution is 7.99. The van der Waals surface area contributed by atoms with Crippen molar-refractivity contribution in [3.8, 4) is 0 Å². The van der Waals surface area contributed by atoms with E-state index in [-0.39, 0.29) is 5.60 Å². The Morgan fingerprint density at radius 2 is 2.13 bits per heavy atom. The molecule has 1 rings (SSSR count). The molecule has 3 heteroatoms. The Kier molecular flexibility index (Phi) is 5.44. The predicted molar refractivity (Wildman–Crippen MR) is 68.6 cm³/mol. The normalized spacial score (nSPS) is 27.2. The Hall–Kier alpha value is 0.270. The first-order chi connectivity index (χ1) is 7.07. The fourth-order valence-electron chi connectivity index (χ4n) is 2.02. The van der Waals surface area contributed by atoms with Crippen LogP contribution in [-0.4, -0.2) is 36.8 Å². The van der Waals surface area contributed by atoms with Crippen LogP contribution < -0.4 is 5.32 Å². The van der Waals surface area contributed by atoms with E-state index in [0.29, 0.717) is 0 Å². The fraction of sp³-hybridized carbons (Fsp3) is 1.00. The van der Waals surface area contributed by atoms with E-state index in [0.717, 1.165) is 24.3 Å². The Labute approximate surface area is 98.5 Å². The van der Waals surface area contributed by atoms with E-state index < -0.39 is 0 Å². The van der Waals surface area contributed by atoms with Crippen molar-refractivity contribution in [3.05, 3.63) is 0 Å². The van der Waals surface area contributed by atoms with Gasteiger partial charge in [0.2, 0.25) is 0 Å². The summed E-state index contributed by atoms with van der Waals surface area (Å²) in [6.07, 6.45) is 7.38. The van der Waals surface area contributed by atoms with E-state index in [9.17, 15) is 0 Å². The lowest BCUT2D eigenvalue weighted by Crippen LogP contribution is -2.33. The quantitative estimate of drug-likeness (QED) is 0.759. The Morgan fingerprint density at radius 3 is 2.67 bits per heavy atom. The molecule has 0 spiro atoms. The van der Waals surface area contributed by atoms with Crippen molar-refractivity contribution in [2.45, 2.75) is 56.4 Å². The third-order valence-electron chi connectivity index (χ3n) is 3.43. The molecule has 0 aliphatic heterocycles. The summed E-state index contributed by atoms with van der Waals surface area (Å²) < 4.78 is 5.40. The highest BCUT2D eigenvalue weighted by atomic mass is 32.2. The van der Waals surface area contributed by atoms with Gasteiger partial charge in [-0.05, 0) is 52.3 Å². The second-order valence-corrected chi connectivity index (χ2v) is 6.17. The van der Waals surface area contributed by atoms with Gasteiger partial charge in [-0.25, -0.2) is 0 Å². The van der Waals surface area contributed by atoms with E-state index in [1.54, 1.807) is 7.11 Å². The van der Waals surface area contributed by atoms with Crippen molar-refractivity contribution >= 4 is 11.8 Å². The van der Waals surface area contributed by atoms with E-state index in [1.807, 2.05) is 11.8 Å². The fourth-order valence-corrected chi connectivity index (χ4v) is 2.82. The molecular weight excluding hydrogens is 206 g/mol. The average molecular weight is 231 g/mol. The van der Waals surface area contributed by atoms with Gasteiger partial charge in [0.05, 0.1) is 5.60 Å². The van der Waals surface area contributed by atoms with Gasteiger partial charge >= 0.3 is 0 Å². The number of methoxy groups -OCH3 is 1. The summed E-state index contributed by atoms with van der Waals surface area (Å²) in [4.78, 5) is 0. The minimum absolute atomic E-state index is 0.0184. The Bertz CT molecular complexity index is 184. The molecule has 15 heavy (non-hydrogen) atoms. The molecule has 1 fully saturated rings.